The zero-order valence-corrected chi connectivity index (χ0v) is 10.4. The van der Waals surface area contributed by atoms with E-state index < -0.39 is 0 Å². The molecule has 2 aliphatic heterocycles. The van der Waals surface area contributed by atoms with Crippen molar-refractivity contribution in [1.82, 2.24) is 15.1 Å². The first-order valence-corrected chi connectivity index (χ1v) is 4.99. The minimum Gasteiger partial charge on any atom is -0.315 e. The Labute approximate surface area is 99.0 Å². The van der Waals surface area contributed by atoms with Crippen LogP contribution in [0.4, 0.5) is 0 Å². The molecule has 0 spiro atoms. The van der Waals surface area contributed by atoms with Gasteiger partial charge >= 0.3 is 0 Å². The highest BCUT2D eigenvalue weighted by molar-refractivity contribution is 5.85. The van der Waals surface area contributed by atoms with Crippen LogP contribution in [0.15, 0.2) is 0 Å². The molecule has 2 saturated heterocycles. The molecule has 1 unspecified atom stereocenters. The molecule has 0 bridgehead atoms. The summed E-state index contributed by atoms with van der Waals surface area (Å²) in [6.45, 7) is 7.46. The molecule has 2 fully saturated rings. The zero-order chi connectivity index (χ0) is 8.39. The lowest BCUT2D eigenvalue weighted by molar-refractivity contribution is 0.119. The summed E-state index contributed by atoms with van der Waals surface area (Å²) >= 11 is 0. The fourth-order valence-electron chi connectivity index (χ4n) is 2.14. The van der Waals surface area contributed by atoms with E-state index in [0.717, 1.165) is 6.04 Å². The lowest BCUT2D eigenvalue weighted by atomic mass is 10.2. The maximum Gasteiger partial charge on any atom is 0.0233 e. The first kappa shape index (κ1) is 14.5. The highest BCUT2D eigenvalue weighted by atomic mass is 35.5. The van der Waals surface area contributed by atoms with E-state index in [2.05, 4.69) is 22.2 Å². The van der Waals surface area contributed by atoms with Crippen molar-refractivity contribution in [2.75, 3.05) is 46.3 Å². The van der Waals surface area contributed by atoms with Crippen LogP contribution in [-0.4, -0.2) is 62.2 Å². The van der Waals surface area contributed by atoms with Gasteiger partial charge in [0.15, 0.2) is 0 Å². The number of nitrogens with zero attached hydrogens (tertiary/aromatic N) is 2. The van der Waals surface area contributed by atoms with Crippen LogP contribution in [-0.2, 0) is 0 Å². The topological polar surface area (TPSA) is 18.5 Å². The second kappa shape index (κ2) is 6.85. The summed E-state index contributed by atoms with van der Waals surface area (Å²) in [5.41, 5.74) is 0. The molecule has 1 N–H and O–H groups in total. The molecule has 0 radical (unpaired) electrons. The van der Waals surface area contributed by atoms with Gasteiger partial charge in [-0.15, -0.1) is 24.8 Å². The van der Waals surface area contributed by atoms with Crippen molar-refractivity contribution < 1.29 is 0 Å². The van der Waals surface area contributed by atoms with Crippen LogP contribution in [0.5, 0.6) is 0 Å². The maximum absolute atomic E-state index is 3.43. The number of piperazine rings is 1. The third kappa shape index (κ3) is 3.55. The van der Waals surface area contributed by atoms with E-state index in [0.29, 0.717) is 0 Å². The monoisotopic (exact) mass is 241 g/mol. The second-order valence-electron chi connectivity index (χ2n) is 3.99. The smallest absolute Gasteiger partial charge is 0.0233 e. The molecule has 0 aliphatic carbocycles. The van der Waals surface area contributed by atoms with Gasteiger partial charge in [-0.3, -0.25) is 4.90 Å². The van der Waals surface area contributed by atoms with Crippen LogP contribution >= 0.6 is 24.8 Å². The van der Waals surface area contributed by atoms with Gasteiger partial charge in [-0.25, -0.2) is 0 Å². The highest BCUT2D eigenvalue weighted by Crippen LogP contribution is 2.10. The molecule has 0 aromatic heterocycles. The summed E-state index contributed by atoms with van der Waals surface area (Å²) in [4.78, 5) is 5.05. The van der Waals surface area contributed by atoms with Gasteiger partial charge in [0.1, 0.15) is 0 Å². The minimum atomic E-state index is 0. The summed E-state index contributed by atoms with van der Waals surface area (Å²) in [5, 5.41) is 3.43. The Hall–Kier alpha value is 0.460. The van der Waals surface area contributed by atoms with Crippen molar-refractivity contribution >= 4 is 24.8 Å². The quantitative estimate of drug-likeness (QED) is 0.719. The van der Waals surface area contributed by atoms with Crippen molar-refractivity contribution in [3.8, 4) is 0 Å². The summed E-state index contributed by atoms with van der Waals surface area (Å²) in [5.74, 6) is 0. The van der Waals surface area contributed by atoms with E-state index in [1.54, 1.807) is 0 Å². The molecule has 86 valence electrons. The predicted molar refractivity (Wildman–Crippen MR) is 64.8 cm³/mol. The molecule has 0 amide bonds. The third-order valence-corrected chi connectivity index (χ3v) is 3.09. The summed E-state index contributed by atoms with van der Waals surface area (Å²) < 4.78 is 0. The van der Waals surface area contributed by atoms with Gasteiger partial charge in [0.2, 0.25) is 0 Å². The van der Waals surface area contributed by atoms with Crippen LogP contribution in [0.1, 0.15) is 6.42 Å². The van der Waals surface area contributed by atoms with E-state index in [9.17, 15) is 0 Å². The Morgan fingerprint density at radius 1 is 1.07 bits per heavy atom. The number of hydrogen-bond donors (Lipinski definition) is 1. The zero-order valence-electron chi connectivity index (χ0n) is 8.74. The second-order valence-corrected chi connectivity index (χ2v) is 3.99. The van der Waals surface area contributed by atoms with Crippen molar-refractivity contribution in [1.29, 1.82) is 0 Å². The van der Waals surface area contributed by atoms with Gasteiger partial charge in [-0.1, -0.05) is 0 Å². The van der Waals surface area contributed by atoms with Gasteiger partial charge in [-0.05, 0) is 20.0 Å². The molecule has 5 heteroatoms. The number of halogens is 2. The van der Waals surface area contributed by atoms with Crippen LogP contribution in [0.3, 0.4) is 0 Å². The molecule has 3 nitrogen and oxygen atoms in total. The maximum atomic E-state index is 3.43. The van der Waals surface area contributed by atoms with Gasteiger partial charge < -0.3 is 10.2 Å². The summed E-state index contributed by atoms with van der Waals surface area (Å²) in [6.07, 6.45) is 1.35. The molecule has 2 rings (SSSR count). The Bertz CT molecular complexity index is 143. The Kier molecular flexibility index (Phi) is 7.08. The number of rotatable bonds is 1. The van der Waals surface area contributed by atoms with Gasteiger partial charge in [0, 0.05) is 38.8 Å². The largest absolute Gasteiger partial charge is 0.315 e. The average molecular weight is 242 g/mol. The van der Waals surface area contributed by atoms with Gasteiger partial charge in [-0.2, -0.15) is 0 Å². The molecule has 0 saturated carbocycles. The Balaban J connectivity index is 0.000000845. The Morgan fingerprint density at radius 3 is 2.21 bits per heavy atom. The van der Waals surface area contributed by atoms with Crippen molar-refractivity contribution in [3.05, 3.63) is 0 Å². The summed E-state index contributed by atoms with van der Waals surface area (Å²) in [7, 11) is 2.21. The summed E-state index contributed by atoms with van der Waals surface area (Å²) in [6, 6.07) is 0.832. The molecular weight excluding hydrogens is 221 g/mol. The van der Waals surface area contributed by atoms with Gasteiger partial charge in [0.25, 0.3) is 0 Å². The van der Waals surface area contributed by atoms with E-state index in [4.69, 9.17) is 0 Å². The minimum absolute atomic E-state index is 0. The third-order valence-electron chi connectivity index (χ3n) is 3.09. The molecule has 1 atom stereocenters. The molecule has 2 aliphatic rings. The average Bonchev–Trinajstić information content (AvgIpc) is 2.58. The molecular formula is C9H21Cl2N3. The highest BCUT2D eigenvalue weighted by Gasteiger charge is 2.24. The number of hydrogen-bond acceptors (Lipinski definition) is 3. The standard InChI is InChI=1S/C9H19N3.2ClH/c1-11-4-6-12(7-5-11)9-2-3-10-8-9;;/h9-10H,2-8H2,1H3;2*1H. The normalized spacial score (nSPS) is 29.4. The molecule has 0 aromatic carbocycles. The van der Waals surface area contributed by atoms with Gasteiger partial charge in [0.05, 0.1) is 0 Å². The fourth-order valence-corrected chi connectivity index (χ4v) is 2.14. The van der Waals surface area contributed by atoms with Crippen molar-refractivity contribution in [2.45, 2.75) is 12.5 Å². The van der Waals surface area contributed by atoms with Crippen LogP contribution in [0, 0.1) is 0 Å². The van der Waals surface area contributed by atoms with E-state index in [1.165, 1.54) is 45.7 Å². The predicted octanol–water partition coefficient (Wildman–Crippen LogP) is 0.439. The molecule has 2 heterocycles. The SMILES string of the molecule is CN1CCN(C2CCNC2)CC1.Cl.Cl. The van der Waals surface area contributed by atoms with E-state index in [-0.39, 0.29) is 24.8 Å². The molecule has 0 aromatic rings. The molecule has 14 heavy (non-hydrogen) atoms. The number of nitrogens with one attached hydrogen (secondary N) is 1. The van der Waals surface area contributed by atoms with Crippen molar-refractivity contribution in [3.63, 3.8) is 0 Å². The van der Waals surface area contributed by atoms with E-state index in [1.807, 2.05) is 0 Å². The lowest BCUT2D eigenvalue weighted by Gasteiger charge is -2.36. The van der Waals surface area contributed by atoms with Crippen LogP contribution in [0.25, 0.3) is 0 Å². The fraction of sp³-hybridized carbons (Fsp3) is 1.00. The van der Waals surface area contributed by atoms with Crippen molar-refractivity contribution in [2.24, 2.45) is 0 Å². The van der Waals surface area contributed by atoms with Crippen LogP contribution < -0.4 is 5.32 Å². The first-order valence-electron chi connectivity index (χ1n) is 4.99. The first-order chi connectivity index (χ1) is 5.86. The number of likely N-dealkylation sites (N-methyl/N-ethyl adjacent to an activating group) is 1. The Morgan fingerprint density at radius 2 is 1.71 bits per heavy atom. The van der Waals surface area contributed by atoms with Crippen LogP contribution in [0.2, 0.25) is 0 Å². The van der Waals surface area contributed by atoms with E-state index >= 15 is 0 Å². The lowest BCUT2D eigenvalue weighted by Crippen LogP contribution is -2.49.